The molecule has 146 valence electrons. The quantitative estimate of drug-likeness (QED) is 0.393. The van der Waals surface area contributed by atoms with Crippen molar-refractivity contribution in [3.63, 3.8) is 0 Å². The average molecular weight is 416 g/mol. The second kappa shape index (κ2) is 9.61. The molecular weight excluding hydrogens is 394 g/mol. The lowest BCUT2D eigenvalue weighted by atomic mass is 10.1. The number of benzene rings is 2. The van der Waals surface area contributed by atoms with E-state index in [-0.39, 0.29) is 5.91 Å². The van der Waals surface area contributed by atoms with E-state index in [1.165, 1.54) is 11.8 Å². The summed E-state index contributed by atoms with van der Waals surface area (Å²) in [7, 11) is 1.59. The first-order chi connectivity index (χ1) is 13.6. The second-order valence-electron chi connectivity index (χ2n) is 6.05. The average Bonchev–Trinajstić information content (AvgIpc) is 3.00. The normalized spacial score (nSPS) is 14.9. The van der Waals surface area contributed by atoms with Gasteiger partial charge in [-0.2, -0.15) is 0 Å². The van der Waals surface area contributed by atoms with Crippen molar-refractivity contribution >= 4 is 40.3 Å². The lowest BCUT2D eigenvalue weighted by Crippen LogP contribution is -2.17. The van der Waals surface area contributed by atoms with Crippen LogP contribution in [0.5, 0.6) is 17.2 Å². The Morgan fingerprint density at radius 1 is 1.07 bits per heavy atom. The van der Waals surface area contributed by atoms with E-state index in [0.717, 1.165) is 16.9 Å². The molecule has 28 heavy (non-hydrogen) atoms. The number of para-hydroxylation sites is 2. The van der Waals surface area contributed by atoms with E-state index in [2.05, 4.69) is 5.32 Å². The highest BCUT2D eigenvalue weighted by Crippen LogP contribution is 2.35. The van der Waals surface area contributed by atoms with Crippen molar-refractivity contribution in [2.75, 3.05) is 20.3 Å². The standard InChI is InChI=1S/C21H21NO4S2/c1-14-7-3-4-9-16(14)25-11-6-12-26-19-15(8-5-10-17(19)24-2)13-18-20(23)22-21(27)28-18/h3-5,7-10,13H,6,11-12H2,1-2H3,(H,22,23,27)/b18-13-. The number of aryl methyl sites for hydroxylation is 1. The second-order valence-corrected chi connectivity index (χ2v) is 7.77. The molecule has 7 heteroatoms. The number of thioether (sulfide) groups is 1. The Morgan fingerprint density at radius 2 is 1.82 bits per heavy atom. The Hall–Kier alpha value is -2.51. The van der Waals surface area contributed by atoms with Crippen molar-refractivity contribution in [2.45, 2.75) is 13.3 Å². The number of thiocarbonyl (C=S) groups is 1. The topological polar surface area (TPSA) is 56.8 Å². The van der Waals surface area contributed by atoms with Crippen LogP contribution in [0.15, 0.2) is 47.4 Å². The van der Waals surface area contributed by atoms with Crippen LogP contribution in [0, 0.1) is 6.92 Å². The van der Waals surface area contributed by atoms with Crippen LogP contribution in [0.25, 0.3) is 6.08 Å². The fourth-order valence-corrected chi connectivity index (χ4v) is 3.69. The molecule has 0 saturated carbocycles. The van der Waals surface area contributed by atoms with Gasteiger partial charge in [-0.1, -0.05) is 54.3 Å². The third-order valence-electron chi connectivity index (χ3n) is 4.04. The minimum absolute atomic E-state index is 0.199. The summed E-state index contributed by atoms with van der Waals surface area (Å²) < 4.78 is 17.7. The summed E-state index contributed by atoms with van der Waals surface area (Å²) in [5, 5.41) is 2.61. The fraction of sp³-hybridized carbons (Fsp3) is 0.238. The number of amides is 1. The fourth-order valence-electron chi connectivity index (χ4n) is 2.66. The molecule has 1 fully saturated rings. The van der Waals surface area contributed by atoms with Crippen molar-refractivity contribution < 1.29 is 19.0 Å². The third kappa shape index (κ3) is 5.05. The van der Waals surface area contributed by atoms with E-state index < -0.39 is 0 Å². The minimum Gasteiger partial charge on any atom is -0.493 e. The molecule has 1 amide bonds. The number of nitrogens with one attached hydrogen (secondary N) is 1. The monoisotopic (exact) mass is 415 g/mol. The number of hydrogen-bond acceptors (Lipinski definition) is 6. The molecule has 0 aromatic heterocycles. The van der Waals surface area contributed by atoms with E-state index in [9.17, 15) is 4.79 Å². The first-order valence-corrected chi connectivity index (χ1v) is 10.0. The van der Waals surface area contributed by atoms with Gasteiger partial charge < -0.3 is 19.5 Å². The summed E-state index contributed by atoms with van der Waals surface area (Å²) in [6, 6.07) is 13.5. The summed E-state index contributed by atoms with van der Waals surface area (Å²) in [6.45, 7) is 3.02. The molecule has 1 saturated heterocycles. The van der Waals surface area contributed by atoms with Gasteiger partial charge in [-0.15, -0.1) is 0 Å². The van der Waals surface area contributed by atoms with Crippen LogP contribution in [0.3, 0.4) is 0 Å². The van der Waals surface area contributed by atoms with Gasteiger partial charge in [0, 0.05) is 12.0 Å². The van der Waals surface area contributed by atoms with E-state index in [1.54, 1.807) is 13.2 Å². The van der Waals surface area contributed by atoms with Gasteiger partial charge in [0.1, 0.15) is 10.1 Å². The summed E-state index contributed by atoms with van der Waals surface area (Å²) in [5.74, 6) is 1.89. The molecule has 2 aromatic rings. The Kier molecular flexibility index (Phi) is 6.95. The van der Waals surface area contributed by atoms with Crippen LogP contribution in [-0.2, 0) is 4.79 Å². The lowest BCUT2D eigenvalue weighted by molar-refractivity contribution is -0.115. The zero-order valence-corrected chi connectivity index (χ0v) is 17.3. The molecule has 0 spiro atoms. The Balaban J connectivity index is 1.64. The van der Waals surface area contributed by atoms with Gasteiger partial charge in [0.05, 0.1) is 25.2 Å². The Morgan fingerprint density at radius 3 is 2.54 bits per heavy atom. The van der Waals surface area contributed by atoms with Crippen molar-refractivity contribution in [2.24, 2.45) is 0 Å². The maximum absolute atomic E-state index is 11.9. The van der Waals surface area contributed by atoms with Crippen molar-refractivity contribution in [3.8, 4) is 17.2 Å². The highest BCUT2D eigenvalue weighted by atomic mass is 32.2. The Labute approximate surface area is 174 Å². The smallest absolute Gasteiger partial charge is 0.263 e. The molecule has 3 rings (SSSR count). The summed E-state index contributed by atoms with van der Waals surface area (Å²) in [4.78, 5) is 12.5. The summed E-state index contributed by atoms with van der Waals surface area (Å²) in [5.41, 5.74) is 1.87. The van der Waals surface area contributed by atoms with Crippen molar-refractivity contribution in [1.29, 1.82) is 0 Å². The van der Waals surface area contributed by atoms with Gasteiger partial charge in [-0.3, -0.25) is 4.79 Å². The van der Waals surface area contributed by atoms with Crippen molar-refractivity contribution in [1.82, 2.24) is 5.32 Å². The maximum atomic E-state index is 11.9. The van der Waals surface area contributed by atoms with Crippen LogP contribution in [0.4, 0.5) is 0 Å². The number of rotatable bonds is 8. The molecule has 1 aliphatic rings. The predicted octanol–water partition coefficient (Wildman–Crippen LogP) is 4.34. The highest BCUT2D eigenvalue weighted by Gasteiger charge is 2.23. The van der Waals surface area contributed by atoms with E-state index in [1.807, 2.05) is 49.4 Å². The molecule has 0 bridgehead atoms. The molecule has 5 nitrogen and oxygen atoms in total. The molecule has 0 radical (unpaired) electrons. The van der Waals surface area contributed by atoms with E-state index in [0.29, 0.717) is 40.4 Å². The van der Waals surface area contributed by atoms with Gasteiger partial charge in [0.15, 0.2) is 11.5 Å². The first-order valence-electron chi connectivity index (χ1n) is 8.81. The maximum Gasteiger partial charge on any atom is 0.263 e. The van der Waals surface area contributed by atoms with Crippen LogP contribution < -0.4 is 19.5 Å². The van der Waals surface area contributed by atoms with Crippen LogP contribution in [0.2, 0.25) is 0 Å². The molecule has 1 heterocycles. The molecular formula is C21H21NO4S2. The number of carbonyl (C=O) groups is 1. The van der Waals surface area contributed by atoms with Crippen molar-refractivity contribution in [3.05, 3.63) is 58.5 Å². The summed E-state index contributed by atoms with van der Waals surface area (Å²) in [6.07, 6.45) is 2.47. The molecule has 2 aromatic carbocycles. The lowest BCUT2D eigenvalue weighted by Gasteiger charge is -2.14. The molecule has 0 unspecified atom stereocenters. The molecule has 0 atom stereocenters. The number of methoxy groups -OCH3 is 1. The number of hydrogen-bond donors (Lipinski definition) is 1. The zero-order chi connectivity index (χ0) is 19.9. The summed E-state index contributed by atoms with van der Waals surface area (Å²) >= 11 is 6.28. The van der Waals surface area contributed by atoms with Crippen LogP contribution in [0.1, 0.15) is 17.5 Å². The largest absolute Gasteiger partial charge is 0.493 e. The van der Waals surface area contributed by atoms with Gasteiger partial charge in [-0.05, 0) is 30.7 Å². The predicted molar refractivity (Wildman–Crippen MR) is 116 cm³/mol. The molecule has 1 aliphatic heterocycles. The zero-order valence-electron chi connectivity index (χ0n) is 15.7. The third-order valence-corrected chi connectivity index (χ3v) is 5.21. The Bertz CT molecular complexity index is 911. The van der Waals surface area contributed by atoms with Gasteiger partial charge in [0.2, 0.25) is 0 Å². The SMILES string of the molecule is COc1cccc(/C=C2\SC(=S)NC2=O)c1OCCCOc1ccccc1C. The van der Waals surface area contributed by atoms with E-state index in [4.69, 9.17) is 26.4 Å². The minimum atomic E-state index is -0.199. The first kappa shape index (κ1) is 20.2. The highest BCUT2D eigenvalue weighted by molar-refractivity contribution is 8.26. The van der Waals surface area contributed by atoms with E-state index >= 15 is 0 Å². The van der Waals surface area contributed by atoms with Gasteiger partial charge in [-0.25, -0.2) is 0 Å². The van der Waals surface area contributed by atoms with Crippen LogP contribution in [-0.4, -0.2) is 30.6 Å². The van der Waals surface area contributed by atoms with Crippen LogP contribution >= 0.6 is 24.0 Å². The van der Waals surface area contributed by atoms with Gasteiger partial charge >= 0.3 is 0 Å². The van der Waals surface area contributed by atoms with Gasteiger partial charge in [0.25, 0.3) is 5.91 Å². The number of ether oxygens (including phenoxy) is 3. The molecule has 1 N–H and O–H groups in total. The number of carbonyl (C=O) groups excluding carboxylic acids is 1. The molecule has 0 aliphatic carbocycles.